The van der Waals surface area contributed by atoms with Gasteiger partial charge in [-0.25, -0.2) is 9.97 Å². The van der Waals surface area contributed by atoms with E-state index in [1.807, 2.05) is 0 Å². The Bertz CT molecular complexity index is 2400. The molecule has 0 fully saturated rings. The molecule has 0 N–H and O–H groups in total. The Balaban J connectivity index is 1.34. The van der Waals surface area contributed by atoms with Crippen molar-refractivity contribution in [2.45, 2.75) is 5.41 Å². The molecule has 0 aliphatic heterocycles. The summed E-state index contributed by atoms with van der Waals surface area (Å²) in [7, 11) is 0. The van der Waals surface area contributed by atoms with Gasteiger partial charge in [0.25, 0.3) is 0 Å². The third kappa shape index (κ3) is 4.36. The third-order valence-corrected chi connectivity index (χ3v) is 9.56. The van der Waals surface area contributed by atoms with E-state index in [0.717, 1.165) is 33.2 Å². The van der Waals surface area contributed by atoms with Gasteiger partial charge in [-0.2, -0.15) is 0 Å². The predicted octanol–water partition coefficient (Wildman–Crippen LogP) is 10.8. The Hall–Kier alpha value is -6.32. The summed E-state index contributed by atoms with van der Waals surface area (Å²) in [6, 6.07) is 66.8. The molecule has 0 saturated heterocycles. The van der Waals surface area contributed by atoms with Gasteiger partial charge in [-0.15, -0.1) is 0 Å². The molecule has 3 heteroatoms. The molecule has 0 spiro atoms. The van der Waals surface area contributed by atoms with Gasteiger partial charge >= 0.3 is 0 Å². The Morgan fingerprint density at radius 2 is 0.833 bits per heavy atom. The number of para-hydroxylation sites is 3. The van der Waals surface area contributed by atoms with E-state index in [2.05, 4.69) is 193 Å². The second-order valence-corrected chi connectivity index (χ2v) is 12.2. The van der Waals surface area contributed by atoms with Crippen LogP contribution >= 0.6 is 0 Å². The fourth-order valence-corrected chi connectivity index (χ4v) is 7.49. The smallest absolute Gasteiger partial charge is 0.235 e. The van der Waals surface area contributed by atoms with Gasteiger partial charge in [0.15, 0.2) is 0 Å². The van der Waals surface area contributed by atoms with Gasteiger partial charge in [0, 0.05) is 21.7 Å². The maximum atomic E-state index is 5.41. The van der Waals surface area contributed by atoms with Crippen molar-refractivity contribution >= 4 is 32.7 Å². The van der Waals surface area contributed by atoms with Crippen LogP contribution in [0.4, 0.5) is 0 Å². The van der Waals surface area contributed by atoms with Crippen LogP contribution in [0.25, 0.3) is 49.9 Å². The van der Waals surface area contributed by atoms with E-state index < -0.39 is 5.41 Å². The van der Waals surface area contributed by atoms with E-state index in [1.54, 1.807) is 0 Å². The normalized spacial score (nSPS) is 11.8. The molecule has 0 saturated carbocycles. The van der Waals surface area contributed by atoms with Crippen LogP contribution in [0.1, 0.15) is 22.3 Å². The van der Waals surface area contributed by atoms with Gasteiger partial charge in [0.1, 0.15) is 0 Å². The summed E-state index contributed by atoms with van der Waals surface area (Å²) in [5, 5.41) is 3.39. The van der Waals surface area contributed by atoms with E-state index in [4.69, 9.17) is 9.97 Å². The highest BCUT2D eigenvalue weighted by molar-refractivity contribution is 6.09. The highest BCUT2D eigenvalue weighted by atomic mass is 15.2. The molecule has 2 aromatic heterocycles. The molecule has 7 aromatic carbocycles. The van der Waals surface area contributed by atoms with Gasteiger partial charge < -0.3 is 0 Å². The number of fused-ring (bicyclic) bond motifs is 4. The van der Waals surface area contributed by atoms with Crippen LogP contribution in [-0.2, 0) is 5.41 Å². The average Bonchev–Trinajstić information content (AvgIpc) is 3.51. The van der Waals surface area contributed by atoms with E-state index >= 15 is 0 Å². The lowest BCUT2D eigenvalue weighted by atomic mass is 9.65. The second kappa shape index (κ2) is 11.5. The van der Waals surface area contributed by atoms with Crippen LogP contribution in [0.5, 0.6) is 0 Å². The molecule has 3 nitrogen and oxygen atoms in total. The van der Waals surface area contributed by atoms with Crippen LogP contribution < -0.4 is 0 Å². The van der Waals surface area contributed by atoms with Crippen LogP contribution in [0, 0.1) is 0 Å². The minimum Gasteiger partial charge on any atom is -0.278 e. The minimum atomic E-state index is -0.557. The van der Waals surface area contributed by atoms with Gasteiger partial charge in [0.2, 0.25) is 5.95 Å². The van der Waals surface area contributed by atoms with Crippen LogP contribution in [0.3, 0.4) is 0 Å². The second-order valence-electron chi connectivity index (χ2n) is 12.2. The van der Waals surface area contributed by atoms with Crippen LogP contribution in [-0.4, -0.2) is 14.5 Å². The molecule has 2 heterocycles. The number of aromatic nitrogens is 3. The fraction of sp³-hybridized carbons (Fsp3) is 0.0222. The van der Waals surface area contributed by atoms with E-state index in [0.29, 0.717) is 5.95 Å². The topological polar surface area (TPSA) is 30.7 Å². The molecule has 0 unspecified atom stereocenters. The number of hydrogen-bond donors (Lipinski definition) is 0. The molecular formula is C45H31N3. The summed E-state index contributed by atoms with van der Waals surface area (Å²) in [5.74, 6) is 0.659. The zero-order valence-corrected chi connectivity index (χ0v) is 26.2. The summed E-state index contributed by atoms with van der Waals surface area (Å²) in [6.07, 6.45) is 0. The molecule has 0 aliphatic rings. The lowest BCUT2D eigenvalue weighted by Crippen LogP contribution is -2.31. The molecule has 0 aliphatic carbocycles. The Morgan fingerprint density at radius 3 is 1.40 bits per heavy atom. The monoisotopic (exact) mass is 613 g/mol. The van der Waals surface area contributed by atoms with E-state index in [9.17, 15) is 0 Å². The van der Waals surface area contributed by atoms with Crippen molar-refractivity contribution in [2.75, 3.05) is 0 Å². The first kappa shape index (κ1) is 27.9. The molecule has 226 valence electrons. The Labute approximate surface area is 279 Å². The average molecular weight is 614 g/mol. The lowest BCUT2D eigenvalue weighted by Gasteiger charge is -2.37. The summed E-state index contributed by atoms with van der Waals surface area (Å²) in [5.41, 5.74) is 9.26. The number of rotatable bonds is 6. The van der Waals surface area contributed by atoms with Crippen LogP contribution in [0.2, 0.25) is 0 Å². The third-order valence-electron chi connectivity index (χ3n) is 9.56. The molecule has 9 aromatic rings. The number of benzene rings is 7. The largest absolute Gasteiger partial charge is 0.278 e. The quantitative estimate of drug-likeness (QED) is 0.175. The number of hydrogen-bond acceptors (Lipinski definition) is 2. The van der Waals surface area contributed by atoms with Crippen molar-refractivity contribution in [3.63, 3.8) is 0 Å². The summed E-state index contributed by atoms with van der Waals surface area (Å²) in [4.78, 5) is 10.6. The Morgan fingerprint density at radius 1 is 0.375 bits per heavy atom. The first-order valence-corrected chi connectivity index (χ1v) is 16.4. The first-order chi connectivity index (χ1) is 23.8. The molecule has 0 bridgehead atoms. The SMILES string of the molecule is c1ccc(C(c2ccccc2)(c2ccccc2)c2cccc(-c3nc(-n4c5ccccc5c5ccccc54)nc4ccccc34)c2)cc1. The zero-order chi connectivity index (χ0) is 31.9. The Kier molecular flexibility index (Phi) is 6.69. The van der Waals surface area contributed by atoms with Crippen molar-refractivity contribution in [3.05, 3.63) is 210 Å². The molecule has 0 radical (unpaired) electrons. The van der Waals surface area contributed by atoms with Gasteiger partial charge in [0.05, 0.1) is 27.7 Å². The van der Waals surface area contributed by atoms with Crippen molar-refractivity contribution in [1.29, 1.82) is 0 Å². The van der Waals surface area contributed by atoms with Crippen molar-refractivity contribution in [2.24, 2.45) is 0 Å². The fourth-order valence-electron chi connectivity index (χ4n) is 7.49. The minimum absolute atomic E-state index is 0.557. The maximum absolute atomic E-state index is 5.41. The molecule has 48 heavy (non-hydrogen) atoms. The van der Waals surface area contributed by atoms with E-state index in [-0.39, 0.29) is 0 Å². The van der Waals surface area contributed by atoms with Gasteiger partial charge in [-0.05, 0) is 46.5 Å². The predicted molar refractivity (Wildman–Crippen MR) is 198 cm³/mol. The summed E-state index contributed by atoms with van der Waals surface area (Å²) >= 11 is 0. The van der Waals surface area contributed by atoms with E-state index in [1.165, 1.54) is 33.0 Å². The van der Waals surface area contributed by atoms with Crippen molar-refractivity contribution in [1.82, 2.24) is 14.5 Å². The molecule has 0 amide bonds. The van der Waals surface area contributed by atoms with Gasteiger partial charge in [-0.3, -0.25) is 4.57 Å². The van der Waals surface area contributed by atoms with Crippen LogP contribution in [0.15, 0.2) is 188 Å². The maximum Gasteiger partial charge on any atom is 0.235 e. The summed E-state index contributed by atoms with van der Waals surface area (Å²) in [6.45, 7) is 0. The summed E-state index contributed by atoms with van der Waals surface area (Å²) < 4.78 is 2.20. The highest BCUT2D eigenvalue weighted by Crippen LogP contribution is 2.46. The van der Waals surface area contributed by atoms with Gasteiger partial charge in [-0.1, -0.05) is 164 Å². The molecule has 9 rings (SSSR count). The lowest BCUT2D eigenvalue weighted by molar-refractivity contribution is 0.745. The molecular weight excluding hydrogens is 583 g/mol. The zero-order valence-electron chi connectivity index (χ0n) is 26.2. The van der Waals surface area contributed by atoms with Crippen molar-refractivity contribution < 1.29 is 0 Å². The number of nitrogens with zero attached hydrogens (tertiary/aromatic N) is 3. The first-order valence-electron chi connectivity index (χ1n) is 16.4. The molecule has 0 atom stereocenters. The van der Waals surface area contributed by atoms with Crippen molar-refractivity contribution in [3.8, 4) is 17.2 Å². The highest BCUT2D eigenvalue weighted by Gasteiger charge is 2.38. The standard InChI is InChI=1S/C45H31N3/c1-4-18-33(19-5-1)45(34-20-6-2-7-21-34,35-22-8-3-9-23-35)36-24-16-17-32(31-36)43-39-27-10-13-28-40(39)46-44(47-43)48-41-29-14-11-25-37(41)38-26-12-15-30-42(38)48/h1-31H.